The number of benzene rings is 2. The van der Waals surface area contributed by atoms with Crippen molar-refractivity contribution in [2.75, 3.05) is 19.8 Å². The van der Waals surface area contributed by atoms with Gasteiger partial charge >= 0.3 is 0 Å². The number of nitrogens with one attached hydrogen (secondary N) is 1. The second-order valence-corrected chi connectivity index (χ2v) is 6.53. The van der Waals surface area contributed by atoms with E-state index in [0.29, 0.717) is 35.8 Å². The third-order valence-corrected chi connectivity index (χ3v) is 4.54. The third-order valence-electron chi connectivity index (χ3n) is 4.54. The lowest BCUT2D eigenvalue weighted by Crippen LogP contribution is -2.34. The second kappa shape index (κ2) is 8.08. The Labute approximate surface area is 148 Å². The number of amides is 1. The van der Waals surface area contributed by atoms with E-state index in [2.05, 4.69) is 5.32 Å². The monoisotopic (exact) mass is 337 g/mol. The van der Waals surface area contributed by atoms with E-state index in [9.17, 15) is 9.59 Å². The number of carbonyl (C=O) groups excluding carboxylic acids is 2. The van der Waals surface area contributed by atoms with Gasteiger partial charge in [-0.05, 0) is 31.7 Å². The SMILES string of the molecule is Cc1ccc(C(=O)c2ccccc2C(=O)NC[C@@H]2CCCOC2)cc1. The zero-order chi connectivity index (χ0) is 17.6. The number of ether oxygens (including phenoxy) is 1. The molecule has 0 bridgehead atoms. The average Bonchev–Trinajstić information content (AvgIpc) is 2.67. The van der Waals surface area contributed by atoms with Gasteiger partial charge < -0.3 is 10.1 Å². The van der Waals surface area contributed by atoms with Crippen molar-refractivity contribution in [2.45, 2.75) is 19.8 Å². The van der Waals surface area contributed by atoms with E-state index in [4.69, 9.17) is 4.74 Å². The van der Waals surface area contributed by atoms with E-state index in [1.165, 1.54) is 0 Å². The number of hydrogen-bond acceptors (Lipinski definition) is 3. The van der Waals surface area contributed by atoms with Crippen LogP contribution in [0.1, 0.15) is 44.7 Å². The summed E-state index contributed by atoms with van der Waals surface area (Å²) in [5.74, 6) is 0.00560. The lowest BCUT2D eigenvalue weighted by atomic mass is 9.97. The highest BCUT2D eigenvalue weighted by Crippen LogP contribution is 2.17. The Balaban J connectivity index is 1.74. The molecule has 1 atom stereocenters. The Morgan fingerprint density at radius 3 is 2.48 bits per heavy atom. The highest BCUT2D eigenvalue weighted by atomic mass is 16.5. The van der Waals surface area contributed by atoms with Gasteiger partial charge in [0, 0.05) is 24.3 Å². The van der Waals surface area contributed by atoms with E-state index < -0.39 is 0 Å². The highest BCUT2D eigenvalue weighted by molar-refractivity contribution is 6.15. The Hall–Kier alpha value is -2.46. The molecule has 1 aliphatic heterocycles. The van der Waals surface area contributed by atoms with Crippen molar-refractivity contribution in [2.24, 2.45) is 5.92 Å². The Morgan fingerprint density at radius 2 is 1.80 bits per heavy atom. The van der Waals surface area contributed by atoms with Crippen molar-refractivity contribution in [1.82, 2.24) is 5.32 Å². The Morgan fingerprint density at radius 1 is 1.08 bits per heavy atom. The van der Waals surface area contributed by atoms with Crippen LogP contribution < -0.4 is 5.32 Å². The summed E-state index contributed by atoms with van der Waals surface area (Å²) in [5.41, 5.74) is 2.54. The van der Waals surface area contributed by atoms with Gasteiger partial charge in [0.15, 0.2) is 5.78 Å². The smallest absolute Gasteiger partial charge is 0.252 e. The van der Waals surface area contributed by atoms with E-state index in [1.807, 2.05) is 19.1 Å². The van der Waals surface area contributed by atoms with E-state index >= 15 is 0 Å². The summed E-state index contributed by atoms with van der Waals surface area (Å²) < 4.78 is 5.44. The molecular weight excluding hydrogens is 314 g/mol. The first-order valence-corrected chi connectivity index (χ1v) is 8.71. The first-order valence-electron chi connectivity index (χ1n) is 8.71. The van der Waals surface area contributed by atoms with Gasteiger partial charge in [0.05, 0.1) is 12.2 Å². The molecule has 1 heterocycles. The molecule has 1 saturated heterocycles. The zero-order valence-corrected chi connectivity index (χ0v) is 14.5. The van der Waals surface area contributed by atoms with Gasteiger partial charge in [-0.15, -0.1) is 0 Å². The van der Waals surface area contributed by atoms with Crippen molar-refractivity contribution in [3.63, 3.8) is 0 Å². The molecule has 25 heavy (non-hydrogen) atoms. The van der Waals surface area contributed by atoms with Crippen LogP contribution >= 0.6 is 0 Å². The summed E-state index contributed by atoms with van der Waals surface area (Å²) >= 11 is 0. The first kappa shape index (κ1) is 17.4. The average molecular weight is 337 g/mol. The topological polar surface area (TPSA) is 55.4 Å². The number of hydrogen-bond donors (Lipinski definition) is 1. The lowest BCUT2D eigenvalue weighted by molar-refractivity contribution is 0.0536. The minimum absolute atomic E-state index is 0.133. The fraction of sp³-hybridized carbons (Fsp3) is 0.333. The molecular formula is C21H23NO3. The van der Waals surface area contributed by atoms with Crippen LogP contribution in [0.5, 0.6) is 0 Å². The van der Waals surface area contributed by atoms with Crippen molar-refractivity contribution < 1.29 is 14.3 Å². The fourth-order valence-electron chi connectivity index (χ4n) is 3.04. The summed E-state index contributed by atoms with van der Waals surface area (Å²) in [7, 11) is 0. The van der Waals surface area contributed by atoms with Crippen LogP contribution in [0.25, 0.3) is 0 Å². The van der Waals surface area contributed by atoms with Crippen molar-refractivity contribution in [3.05, 3.63) is 70.8 Å². The molecule has 1 N–H and O–H groups in total. The summed E-state index contributed by atoms with van der Waals surface area (Å²) in [5, 5.41) is 2.95. The lowest BCUT2D eigenvalue weighted by Gasteiger charge is -2.22. The summed E-state index contributed by atoms with van der Waals surface area (Å²) in [6.45, 7) is 4.04. The van der Waals surface area contributed by atoms with Crippen LogP contribution in [0.3, 0.4) is 0 Å². The molecule has 0 saturated carbocycles. The van der Waals surface area contributed by atoms with Crippen molar-refractivity contribution >= 4 is 11.7 Å². The standard InChI is InChI=1S/C21H23NO3/c1-15-8-10-17(11-9-15)20(23)18-6-2-3-7-19(18)21(24)22-13-16-5-4-12-25-14-16/h2-3,6-11,16H,4-5,12-14H2,1H3,(H,22,24)/t16-/m0/s1. The minimum atomic E-state index is -0.207. The predicted molar refractivity (Wildman–Crippen MR) is 96.9 cm³/mol. The van der Waals surface area contributed by atoms with Gasteiger partial charge in [-0.25, -0.2) is 0 Å². The van der Waals surface area contributed by atoms with Gasteiger partial charge in [-0.3, -0.25) is 9.59 Å². The Kier molecular flexibility index (Phi) is 5.61. The minimum Gasteiger partial charge on any atom is -0.381 e. The molecule has 3 rings (SSSR count). The molecule has 4 heteroatoms. The number of rotatable bonds is 5. The first-order chi connectivity index (χ1) is 12.1. The fourth-order valence-corrected chi connectivity index (χ4v) is 3.04. The normalized spacial score (nSPS) is 17.1. The largest absolute Gasteiger partial charge is 0.381 e. The molecule has 1 amide bonds. The molecule has 0 radical (unpaired) electrons. The van der Waals surface area contributed by atoms with Crippen LogP contribution in [0, 0.1) is 12.8 Å². The summed E-state index contributed by atoms with van der Waals surface area (Å²) in [6.07, 6.45) is 2.09. The van der Waals surface area contributed by atoms with Gasteiger partial charge in [0.2, 0.25) is 0 Å². The van der Waals surface area contributed by atoms with Crippen molar-refractivity contribution in [1.29, 1.82) is 0 Å². The molecule has 2 aromatic carbocycles. The molecule has 0 unspecified atom stereocenters. The maximum absolute atomic E-state index is 12.8. The second-order valence-electron chi connectivity index (χ2n) is 6.53. The molecule has 1 fully saturated rings. The van der Waals surface area contributed by atoms with E-state index in [0.717, 1.165) is 25.0 Å². The number of aryl methyl sites for hydroxylation is 1. The molecule has 0 aliphatic carbocycles. The molecule has 4 nitrogen and oxygen atoms in total. The maximum atomic E-state index is 12.8. The molecule has 0 spiro atoms. The Bertz CT molecular complexity index is 746. The number of ketones is 1. The van der Waals surface area contributed by atoms with Gasteiger partial charge in [-0.1, -0.05) is 48.0 Å². The van der Waals surface area contributed by atoms with Crippen LogP contribution in [0.2, 0.25) is 0 Å². The molecule has 1 aliphatic rings. The van der Waals surface area contributed by atoms with Gasteiger partial charge in [0.25, 0.3) is 5.91 Å². The molecule has 0 aromatic heterocycles. The summed E-state index contributed by atoms with van der Waals surface area (Å²) in [4.78, 5) is 25.4. The predicted octanol–water partition coefficient (Wildman–Crippen LogP) is 3.38. The molecule has 130 valence electrons. The van der Waals surface area contributed by atoms with E-state index in [-0.39, 0.29) is 11.7 Å². The third kappa shape index (κ3) is 4.34. The van der Waals surface area contributed by atoms with Crippen LogP contribution in [-0.2, 0) is 4.74 Å². The maximum Gasteiger partial charge on any atom is 0.252 e. The zero-order valence-electron chi connectivity index (χ0n) is 14.5. The number of carbonyl (C=O) groups is 2. The highest BCUT2D eigenvalue weighted by Gasteiger charge is 2.20. The summed E-state index contributed by atoms with van der Waals surface area (Å²) in [6, 6.07) is 14.4. The molecule has 2 aromatic rings. The van der Waals surface area contributed by atoms with Crippen LogP contribution in [0.15, 0.2) is 48.5 Å². The quantitative estimate of drug-likeness (QED) is 0.851. The van der Waals surface area contributed by atoms with E-state index in [1.54, 1.807) is 36.4 Å². The van der Waals surface area contributed by atoms with Crippen LogP contribution in [0.4, 0.5) is 0 Å². The van der Waals surface area contributed by atoms with Gasteiger partial charge in [-0.2, -0.15) is 0 Å². The van der Waals surface area contributed by atoms with Gasteiger partial charge in [0.1, 0.15) is 0 Å². The van der Waals surface area contributed by atoms with Crippen LogP contribution in [-0.4, -0.2) is 31.4 Å². The van der Waals surface area contributed by atoms with Crippen molar-refractivity contribution in [3.8, 4) is 0 Å².